The number of carbonyl (C=O) groups excluding carboxylic acids is 1. The molecule has 200 valence electrons. The van der Waals surface area contributed by atoms with Crippen LogP contribution >= 0.6 is 11.3 Å². The Labute approximate surface area is 233 Å². The smallest absolute Gasteiger partial charge is 0.224 e. The first kappa shape index (κ1) is 24.7. The van der Waals surface area contributed by atoms with Crippen LogP contribution in [0.5, 0.6) is 0 Å². The Kier molecular flexibility index (Phi) is 6.36. The van der Waals surface area contributed by atoms with E-state index in [0.717, 1.165) is 73.4 Å². The average Bonchev–Trinajstić information content (AvgIpc) is 3.71. The van der Waals surface area contributed by atoms with Gasteiger partial charge in [-0.1, -0.05) is 31.4 Å². The van der Waals surface area contributed by atoms with Crippen LogP contribution in [-0.2, 0) is 4.79 Å². The lowest BCUT2D eigenvalue weighted by Gasteiger charge is -2.20. The van der Waals surface area contributed by atoms with E-state index in [4.69, 9.17) is 0 Å². The summed E-state index contributed by atoms with van der Waals surface area (Å²) in [6.45, 7) is 0. The molecule has 0 atom stereocenters. The fourth-order valence-corrected chi connectivity index (χ4v) is 6.53. The first-order chi connectivity index (χ1) is 19.6. The first-order valence-electron chi connectivity index (χ1n) is 13.6. The highest BCUT2D eigenvalue weighted by Gasteiger charge is 2.18. The van der Waals surface area contributed by atoms with Crippen LogP contribution in [0.25, 0.3) is 54.9 Å². The van der Waals surface area contributed by atoms with Crippen LogP contribution in [0.4, 0.5) is 10.1 Å². The number of halogens is 1. The molecule has 1 amide bonds. The topological polar surface area (TPSA) is 99.3 Å². The maximum atomic E-state index is 13.7. The molecule has 6 aromatic rings. The predicted octanol–water partition coefficient (Wildman–Crippen LogP) is 7.94. The monoisotopic (exact) mass is 550 g/mol. The summed E-state index contributed by atoms with van der Waals surface area (Å²) in [5.41, 5.74) is 6.62. The Bertz CT molecular complexity index is 1850. The summed E-state index contributed by atoms with van der Waals surface area (Å²) >= 11 is 1.13. The Morgan fingerprint density at radius 2 is 1.88 bits per heavy atom. The molecule has 0 spiro atoms. The lowest BCUT2D eigenvalue weighted by Crippen LogP contribution is -2.18. The van der Waals surface area contributed by atoms with Crippen molar-refractivity contribution in [3.63, 3.8) is 0 Å². The number of pyridine rings is 2. The number of aromatic amines is 2. The normalized spacial score (nSPS) is 14.2. The van der Waals surface area contributed by atoms with Gasteiger partial charge in [0.1, 0.15) is 0 Å². The zero-order valence-corrected chi connectivity index (χ0v) is 22.5. The van der Waals surface area contributed by atoms with E-state index < -0.39 is 0 Å². The summed E-state index contributed by atoms with van der Waals surface area (Å²) in [7, 11) is 0. The zero-order chi connectivity index (χ0) is 27.1. The van der Waals surface area contributed by atoms with Crippen molar-refractivity contribution in [2.45, 2.75) is 38.5 Å². The van der Waals surface area contributed by atoms with Crippen LogP contribution < -0.4 is 5.32 Å². The van der Waals surface area contributed by atoms with E-state index in [2.05, 4.69) is 36.5 Å². The van der Waals surface area contributed by atoms with E-state index in [0.29, 0.717) is 23.7 Å². The minimum Gasteiger partial charge on any atom is -0.353 e. The summed E-state index contributed by atoms with van der Waals surface area (Å²) in [5.74, 6) is 0.517. The summed E-state index contributed by atoms with van der Waals surface area (Å²) in [4.78, 5) is 26.0. The number of thiophene rings is 1. The number of amides is 1. The van der Waals surface area contributed by atoms with Gasteiger partial charge in [0.15, 0.2) is 10.8 Å². The van der Waals surface area contributed by atoms with Gasteiger partial charge in [-0.05, 0) is 55.2 Å². The second kappa shape index (κ2) is 10.3. The minimum atomic E-state index is -0.205. The summed E-state index contributed by atoms with van der Waals surface area (Å²) in [5, 5.41) is 12.3. The molecule has 7 nitrogen and oxygen atoms in total. The van der Waals surface area contributed by atoms with Gasteiger partial charge in [-0.15, -0.1) is 11.3 Å². The van der Waals surface area contributed by atoms with Crippen LogP contribution in [0.3, 0.4) is 0 Å². The Morgan fingerprint density at radius 1 is 1.00 bits per heavy atom. The molecular weight excluding hydrogens is 523 g/mol. The number of hydrogen-bond donors (Lipinski definition) is 3. The van der Waals surface area contributed by atoms with Crippen molar-refractivity contribution in [1.29, 1.82) is 0 Å². The van der Waals surface area contributed by atoms with Crippen LogP contribution in [0, 0.1) is 11.0 Å². The highest BCUT2D eigenvalue weighted by atomic mass is 32.1. The minimum absolute atomic E-state index is 0.0417. The molecule has 5 aromatic heterocycles. The van der Waals surface area contributed by atoms with Gasteiger partial charge in [0.2, 0.25) is 5.91 Å². The van der Waals surface area contributed by atoms with Gasteiger partial charge in [-0.2, -0.15) is 9.49 Å². The molecule has 7 rings (SSSR count). The van der Waals surface area contributed by atoms with E-state index in [-0.39, 0.29) is 11.0 Å². The SMILES string of the molecule is O=C(CC1CCCCC1)Nc1cncc(-c2cnc3n[nH]c(-c4cc5c(-c6ccc(F)s6)cccc5[nH]4)c3c2)c1. The fraction of sp³-hybridized carbons (Fsp3) is 0.226. The zero-order valence-electron chi connectivity index (χ0n) is 21.7. The number of nitrogens with one attached hydrogen (secondary N) is 3. The van der Waals surface area contributed by atoms with Gasteiger partial charge in [-0.3, -0.25) is 14.9 Å². The number of aromatic nitrogens is 5. The van der Waals surface area contributed by atoms with Crippen molar-refractivity contribution >= 4 is 44.9 Å². The van der Waals surface area contributed by atoms with Gasteiger partial charge >= 0.3 is 0 Å². The second-order valence-electron chi connectivity index (χ2n) is 10.5. The molecule has 1 saturated carbocycles. The molecule has 1 aromatic carbocycles. The molecule has 0 aliphatic heterocycles. The Morgan fingerprint density at radius 3 is 2.73 bits per heavy atom. The van der Waals surface area contributed by atoms with E-state index in [9.17, 15) is 9.18 Å². The Balaban J connectivity index is 1.19. The molecule has 0 radical (unpaired) electrons. The van der Waals surface area contributed by atoms with Crippen LogP contribution in [0.15, 0.2) is 67.1 Å². The molecule has 1 aliphatic rings. The molecule has 9 heteroatoms. The number of nitrogens with zero attached hydrogens (tertiary/aromatic N) is 3. The van der Waals surface area contributed by atoms with Crippen molar-refractivity contribution < 1.29 is 9.18 Å². The van der Waals surface area contributed by atoms with Crippen molar-refractivity contribution in [3.05, 3.63) is 72.3 Å². The predicted molar refractivity (Wildman–Crippen MR) is 158 cm³/mol. The molecule has 0 saturated heterocycles. The summed E-state index contributed by atoms with van der Waals surface area (Å²) < 4.78 is 13.7. The highest BCUT2D eigenvalue weighted by molar-refractivity contribution is 7.14. The number of carbonyl (C=O) groups is 1. The maximum absolute atomic E-state index is 13.7. The van der Waals surface area contributed by atoms with E-state index in [1.165, 1.54) is 25.3 Å². The molecule has 0 bridgehead atoms. The molecule has 40 heavy (non-hydrogen) atoms. The third-order valence-electron chi connectivity index (χ3n) is 7.74. The molecule has 5 heterocycles. The van der Waals surface area contributed by atoms with Gasteiger partial charge < -0.3 is 10.3 Å². The molecule has 1 aliphatic carbocycles. The summed E-state index contributed by atoms with van der Waals surface area (Å²) in [6.07, 6.45) is 11.8. The van der Waals surface area contributed by atoms with Crippen LogP contribution in [0.1, 0.15) is 38.5 Å². The largest absolute Gasteiger partial charge is 0.353 e. The average molecular weight is 551 g/mol. The molecule has 1 fully saturated rings. The number of H-pyrrole nitrogens is 2. The molecule has 3 N–H and O–H groups in total. The van der Waals surface area contributed by atoms with Crippen molar-refractivity contribution in [1.82, 2.24) is 25.1 Å². The van der Waals surface area contributed by atoms with Crippen LogP contribution in [-0.4, -0.2) is 31.1 Å². The number of hydrogen-bond acceptors (Lipinski definition) is 5. The fourth-order valence-electron chi connectivity index (χ4n) is 5.76. The van der Waals surface area contributed by atoms with E-state index >= 15 is 0 Å². The number of rotatable bonds is 6. The van der Waals surface area contributed by atoms with Gasteiger partial charge in [0.05, 0.1) is 23.3 Å². The number of benzene rings is 1. The molecular formula is C31H27FN6OS. The lowest BCUT2D eigenvalue weighted by molar-refractivity contribution is -0.117. The van der Waals surface area contributed by atoms with Gasteiger partial charge in [0.25, 0.3) is 0 Å². The second-order valence-corrected chi connectivity index (χ2v) is 11.5. The number of anilines is 1. The third kappa shape index (κ3) is 4.77. The standard InChI is InChI=1S/C31H27FN6OS/c32-28-10-9-27(40-28)22-7-4-8-25-23(22)14-26(36-25)30-24-13-20(16-34-31(24)38-37-30)19-12-21(17-33-15-19)35-29(39)11-18-5-2-1-3-6-18/h4,7-10,12-18,36H,1-3,5-6,11H2,(H,35,39)(H,34,37,38). The van der Waals surface area contributed by atoms with Gasteiger partial charge in [-0.25, -0.2) is 4.98 Å². The summed E-state index contributed by atoms with van der Waals surface area (Å²) in [6, 6.07) is 15.3. The lowest BCUT2D eigenvalue weighted by atomic mass is 9.87. The van der Waals surface area contributed by atoms with Crippen molar-refractivity contribution in [2.24, 2.45) is 5.92 Å². The number of fused-ring (bicyclic) bond motifs is 2. The van der Waals surface area contributed by atoms with Crippen LogP contribution in [0.2, 0.25) is 0 Å². The first-order valence-corrected chi connectivity index (χ1v) is 14.4. The Hall–Kier alpha value is -4.37. The van der Waals surface area contributed by atoms with E-state index in [1.807, 2.05) is 36.4 Å². The highest BCUT2D eigenvalue weighted by Crippen LogP contribution is 2.37. The quantitative estimate of drug-likeness (QED) is 0.196. The van der Waals surface area contributed by atoms with Crippen molar-refractivity contribution in [3.8, 4) is 33.0 Å². The molecule has 0 unspecified atom stereocenters. The van der Waals surface area contributed by atoms with Gasteiger partial charge in [0, 0.05) is 56.7 Å². The third-order valence-corrected chi connectivity index (χ3v) is 8.64. The van der Waals surface area contributed by atoms with E-state index in [1.54, 1.807) is 18.6 Å². The van der Waals surface area contributed by atoms with Crippen molar-refractivity contribution in [2.75, 3.05) is 5.32 Å². The maximum Gasteiger partial charge on any atom is 0.224 e.